The molecule has 32 heavy (non-hydrogen) atoms. The maximum atomic E-state index is 12.6. The van der Waals surface area contributed by atoms with Crippen LogP contribution in [0.1, 0.15) is 22.7 Å². The van der Waals surface area contributed by atoms with Gasteiger partial charge in [-0.25, -0.2) is 0 Å². The molecule has 4 rings (SSSR count). The van der Waals surface area contributed by atoms with Crippen molar-refractivity contribution in [1.82, 2.24) is 5.32 Å². The Morgan fingerprint density at radius 3 is 1.78 bits per heavy atom. The highest BCUT2D eigenvalue weighted by Gasteiger charge is 2.14. The summed E-state index contributed by atoms with van der Waals surface area (Å²) in [5.41, 5.74) is 4.08. The molecule has 0 fully saturated rings. The van der Waals surface area contributed by atoms with Crippen molar-refractivity contribution in [1.29, 1.82) is 0 Å². The summed E-state index contributed by atoms with van der Waals surface area (Å²) in [5, 5.41) is 6.33. The van der Waals surface area contributed by atoms with E-state index >= 15 is 0 Å². The van der Waals surface area contributed by atoms with E-state index in [9.17, 15) is 4.79 Å². The monoisotopic (exact) mass is 422 g/mol. The number of carbonyl (C=O) groups excluding carboxylic acids is 1. The second kappa shape index (κ2) is 10.9. The van der Waals surface area contributed by atoms with Gasteiger partial charge in [0.05, 0.1) is 12.6 Å². The van der Waals surface area contributed by atoms with Gasteiger partial charge >= 0.3 is 0 Å². The smallest absolute Gasteiger partial charge is 0.238 e. The molecule has 0 atom stereocenters. The van der Waals surface area contributed by atoms with Crippen LogP contribution in [0.3, 0.4) is 0 Å². The van der Waals surface area contributed by atoms with Gasteiger partial charge in [-0.05, 0) is 41.0 Å². The largest absolute Gasteiger partial charge is 0.489 e. The first kappa shape index (κ1) is 21.3. The minimum absolute atomic E-state index is 0.0584. The third kappa shape index (κ3) is 6.06. The molecule has 0 saturated heterocycles. The summed E-state index contributed by atoms with van der Waals surface area (Å²) >= 11 is 0. The number of anilines is 1. The van der Waals surface area contributed by atoms with Crippen LogP contribution in [0, 0.1) is 0 Å². The molecule has 0 spiro atoms. The molecule has 0 unspecified atom stereocenters. The van der Waals surface area contributed by atoms with Crippen LogP contribution in [0.5, 0.6) is 5.75 Å². The summed E-state index contributed by atoms with van der Waals surface area (Å²) in [7, 11) is 0. The van der Waals surface area contributed by atoms with Gasteiger partial charge in [0.1, 0.15) is 12.4 Å². The van der Waals surface area contributed by atoms with Crippen LogP contribution in [0.4, 0.5) is 5.69 Å². The predicted octanol–water partition coefficient (Wildman–Crippen LogP) is 5.58. The van der Waals surface area contributed by atoms with E-state index in [1.54, 1.807) is 0 Å². The van der Waals surface area contributed by atoms with E-state index in [-0.39, 0.29) is 18.5 Å². The van der Waals surface area contributed by atoms with E-state index in [0.717, 1.165) is 28.1 Å². The quantitative estimate of drug-likeness (QED) is 0.370. The third-order valence-electron chi connectivity index (χ3n) is 5.12. The highest BCUT2D eigenvalue weighted by molar-refractivity contribution is 5.92. The Morgan fingerprint density at radius 1 is 0.688 bits per heavy atom. The zero-order valence-corrected chi connectivity index (χ0v) is 17.8. The van der Waals surface area contributed by atoms with E-state index in [4.69, 9.17) is 4.74 Å². The van der Waals surface area contributed by atoms with Gasteiger partial charge in [-0.2, -0.15) is 0 Å². The normalized spacial score (nSPS) is 10.7. The summed E-state index contributed by atoms with van der Waals surface area (Å²) in [6, 6.07) is 37.7. The van der Waals surface area contributed by atoms with Gasteiger partial charge in [0, 0.05) is 5.69 Å². The zero-order chi connectivity index (χ0) is 22.0. The third-order valence-corrected chi connectivity index (χ3v) is 5.12. The molecule has 1 amide bonds. The molecular formula is C28H26N2O2. The summed E-state index contributed by atoms with van der Waals surface area (Å²) in [4.78, 5) is 12.6. The second-order valence-electron chi connectivity index (χ2n) is 7.48. The van der Waals surface area contributed by atoms with Crippen molar-refractivity contribution < 1.29 is 9.53 Å². The highest BCUT2D eigenvalue weighted by atomic mass is 16.5. The maximum Gasteiger partial charge on any atom is 0.238 e. The molecule has 4 heteroatoms. The van der Waals surface area contributed by atoms with Crippen LogP contribution in [-0.2, 0) is 11.4 Å². The Bertz CT molecular complexity index is 1060. The fourth-order valence-electron chi connectivity index (χ4n) is 3.49. The van der Waals surface area contributed by atoms with E-state index < -0.39 is 0 Å². The van der Waals surface area contributed by atoms with Gasteiger partial charge < -0.3 is 10.1 Å². The average Bonchev–Trinajstić information content (AvgIpc) is 2.86. The molecule has 2 N–H and O–H groups in total. The Hall–Kier alpha value is -3.89. The lowest BCUT2D eigenvalue weighted by Gasteiger charge is -2.19. The van der Waals surface area contributed by atoms with E-state index in [1.165, 1.54) is 0 Å². The molecular weight excluding hydrogens is 396 g/mol. The minimum Gasteiger partial charge on any atom is -0.489 e. The molecule has 160 valence electrons. The molecule has 4 aromatic carbocycles. The fraction of sp³-hybridized carbons (Fsp3) is 0.107. The molecule has 0 heterocycles. The number of rotatable bonds is 9. The lowest BCUT2D eigenvalue weighted by molar-refractivity contribution is -0.115. The van der Waals surface area contributed by atoms with Gasteiger partial charge in [0.2, 0.25) is 5.91 Å². The Kier molecular flexibility index (Phi) is 7.29. The van der Waals surface area contributed by atoms with Gasteiger partial charge in [0.25, 0.3) is 0 Å². The van der Waals surface area contributed by atoms with Gasteiger partial charge in [-0.15, -0.1) is 0 Å². The van der Waals surface area contributed by atoms with Crippen molar-refractivity contribution in [3.63, 3.8) is 0 Å². The Morgan fingerprint density at radius 2 is 1.22 bits per heavy atom. The number of ether oxygens (including phenoxy) is 1. The van der Waals surface area contributed by atoms with Gasteiger partial charge in [0.15, 0.2) is 0 Å². The second-order valence-corrected chi connectivity index (χ2v) is 7.48. The van der Waals surface area contributed by atoms with Crippen LogP contribution >= 0.6 is 0 Å². The summed E-state index contributed by atoms with van der Waals surface area (Å²) in [6.45, 7) is 0.706. The first-order valence-electron chi connectivity index (χ1n) is 10.7. The fourth-order valence-corrected chi connectivity index (χ4v) is 3.49. The van der Waals surface area contributed by atoms with Crippen molar-refractivity contribution in [2.24, 2.45) is 0 Å². The maximum absolute atomic E-state index is 12.6. The lowest BCUT2D eigenvalue weighted by Crippen LogP contribution is -2.31. The standard InChI is InChI=1S/C28H26N2O2/c31-27(20-29-28(23-12-6-2-7-13-23)24-14-8-3-9-15-24)30-25-16-18-26(19-17-25)32-21-22-10-4-1-5-11-22/h1-19,28-29H,20-21H2,(H,30,31). The van der Waals surface area contributed by atoms with Crippen LogP contribution in [-0.4, -0.2) is 12.5 Å². The Labute approximate surface area is 188 Å². The van der Waals surface area contributed by atoms with Crippen LogP contribution in [0.2, 0.25) is 0 Å². The average molecular weight is 423 g/mol. The van der Waals surface area contributed by atoms with Crippen molar-refractivity contribution >= 4 is 11.6 Å². The number of hydrogen-bond donors (Lipinski definition) is 2. The SMILES string of the molecule is O=C(CNC(c1ccccc1)c1ccccc1)Nc1ccc(OCc2ccccc2)cc1. The molecule has 0 aliphatic rings. The number of nitrogens with one attached hydrogen (secondary N) is 2. The zero-order valence-electron chi connectivity index (χ0n) is 17.8. The molecule has 0 aromatic heterocycles. The molecule has 4 nitrogen and oxygen atoms in total. The molecule has 0 radical (unpaired) electrons. The first-order chi connectivity index (χ1) is 15.8. The van der Waals surface area contributed by atoms with Crippen molar-refractivity contribution in [3.05, 3.63) is 132 Å². The molecule has 0 aliphatic carbocycles. The van der Waals surface area contributed by atoms with Crippen molar-refractivity contribution in [2.45, 2.75) is 12.6 Å². The number of amides is 1. The summed E-state index contributed by atoms with van der Waals surface area (Å²) < 4.78 is 5.80. The number of carbonyl (C=O) groups is 1. The molecule has 4 aromatic rings. The topological polar surface area (TPSA) is 50.4 Å². The van der Waals surface area contributed by atoms with E-state index in [0.29, 0.717) is 6.61 Å². The summed E-state index contributed by atoms with van der Waals surface area (Å²) in [5.74, 6) is 0.665. The van der Waals surface area contributed by atoms with Crippen LogP contribution in [0.25, 0.3) is 0 Å². The van der Waals surface area contributed by atoms with Crippen LogP contribution < -0.4 is 15.4 Å². The van der Waals surface area contributed by atoms with Crippen molar-refractivity contribution in [3.8, 4) is 5.75 Å². The van der Waals surface area contributed by atoms with Crippen LogP contribution in [0.15, 0.2) is 115 Å². The van der Waals surface area contributed by atoms with E-state index in [1.807, 2.05) is 91.0 Å². The molecule has 0 aliphatic heterocycles. The lowest BCUT2D eigenvalue weighted by atomic mass is 9.99. The van der Waals surface area contributed by atoms with Gasteiger partial charge in [-0.1, -0.05) is 91.0 Å². The van der Waals surface area contributed by atoms with E-state index in [2.05, 4.69) is 34.9 Å². The molecule has 0 bridgehead atoms. The first-order valence-corrected chi connectivity index (χ1v) is 10.7. The number of hydrogen-bond acceptors (Lipinski definition) is 3. The molecule has 0 saturated carbocycles. The van der Waals surface area contributed by atoms with Gasteiger partial charge in [-0.3, -0.25) is 10.1 Å². The minimum atomic E-state index is -0.0974. The van der Waals surface area contributed by atoms with Crippen molar-refractivity contribution in [2.75, 3.05) is 11.9 Å². The predicted molar refractivity (Wildman–Crippen MR) is 129 cm³/mol. The summed E-state index contributed by atoms with van der Waals surface area (Å²) in [6.07, 6.45) is 0. The Balaban J connectivity index is 1.32. The highest BCUT2D eigenvalue weighted by Crippen LogP contribution is 2.22. The number of benzene rings is 4.